The van der Waals surface area contributed by atoms with Gasteiger partial charge >= 0.3 is 5.97 Å². The van der Waals surface area contributed by atoms with Crippen LogP contribution in [0.25, 0.3) is 0 Å². The van der Waals surface area contributed by atoms with Crippen molar-refractivity contribution in [3.8, 4) is 11.5 Å². The van der Waals surface area contributed by atoms with E-state index in [1.165, 1.54) is 0 Å². The Kier molecular flexibility index (Phi) is 6.89. The molecule has 0 radical (unpaired) electrons. The summed E-state index contributed by atoms with van der Waals surface area (Å²) >= 11 is 0. The van der Waals surface area contributed by atoms with Crippen LogP contribution in [0.5, 0.6) is 11.5 Å². The number of pyridine rings is 1. The Hall–Kier alpha value is -3.29. The summed E-state index contributed by atoms with van der Waals surface area (Å²) in [6.07, 6.45) is 2.73. The van der Waals surface area contributed by atoms with Crippen LogP contribution in [0.15, 0.2) is 36.5 Å². The highest BCUT2D eigenvalue weighted by Gasteiger charge is 2.26. The number of anilines is 1. The number of methoxy groups -OCH3 is 1. The van der Waals surface area contributed by atoms with Crippen molar-refractivity contribution in [2.75, 3.05) is 25.6 Å². The summed E-state index contributed by atoms with van der Waals surface area (Å²) in [5.41, 5.74) is 1.94. The van der Waals surface area contributed by atoms with Crippen molar-refractivity contribution < 1.29 is 24.2 Å². The van der Waals surface area contributed by atoms with Crippen molar-refractivity contribution in [2.24, 2.45) is 5.92 Å². The van der Waals surface area contributed by atoms with Crippen LogP contribution in [0.1, 0.15) is 24.0 Å². The van der Waals surface area contributed by atoms with Crippen LogP contribution < -0.4 is 20.1 Å². The molecule has 0 spiro atoms. The molecule has 3 N–H and O–H groups in total. The maximum atomic E-state index is 12.1. The van der Waals surface area contributed by atoms with E-state index in [1.54, 1.807) is 19.4 Å². The molecular formula is C21H25N3O5. The Morgan fingerprint density at radius 1 is 1.28 bits per heavy atom. The number of benzene rings is 1. The zero-order chi connectivity index (χ0) is 20.6. The average molecular weight is 399 g/mol. The van der Waals surface area contributed by atoms with E-state index >= 15 is 0 Å². The second-order valence-corrected chi connectivity index (χ2v) is 6.86. The van der Waals surface area contributed by atoms with Crippen molar-refractivity contribution in [1.82, 2.24) is 10.3 Å². The Morgan fingerprint density at radius 2 is 2.14 bits per heavy atom. The highest BCUT2D eigenvalue weighted by Crippen LogP contribution is 2.25. The lowest BCUT2D eigenvalue weighted by Crippen LogP contribution is -2.30. The fourth-order valence-electron chi connectivity index (χ4n) is 3.23. The summed E-state index contributed by atoms with van der Waals surface area (Å²) in [5, 5.41) is 15.0. The van der Waals surface area contributed by atoms with Gasteiger partial charge in [0.25, 0.3) is 0 Å². The van der Waals surface area contributed by atoms with Crippen LogP contribution in [-0.4, -0.2) is 42.2 Å². The number of rotatable bonds is 9. The van der Waals surface area contributed by atoms with E-state index in [0.717, 1.165) is 34.9 Å². The fraction of sp³-hybridized carbons (Fsp3) is 0.381. The van der Waals surface area contributed by atoms with Gasteiger partial charge in [-0.3, -0.25) is 9.59 Å². The highest BCUT2D eigenvalue weighted by atomic mass is 16.5. The molecule has 2 aromatic rings. The number of fused-ring (bicyclic) bond motifs is 1. The predicted octanol–water partition coefficient (Wildman–Crippen LogP) is 2.23. The van der Waals surface area contributed by atoms with E-state index in [9.17, 15) is 9.59 Å². The molecule has 29 heavy (non-hydrogen) atoms. The van der Waals surface area contributed by atoms with Crippen molar-refractivity contribution in [2.45, 2.75) is 25.8 Å². The second-order valence-electron chi connectivity index (χ2n) is 6.86. The normalized spacial score (nSPS) is 15.6. The lowest BCUT2D eigenvalue weighted by molar-refractivity contribution is -0.141. The molecule has 0 aliphatic carbocycles. The van der Waals surface area contributed by atoms with E-state index in [2.05, 4.69) is 15.6 Å². The van der Waals surface area contributed by atoms with Crippen LogP contribution in [0.4, 0.5) is 5.82 Å². The van der Waals surface area contributed by atoms with E-state index in [-0.39, 0.29) is 12.3 Å². The summed E-state index contributed by atoms with van der Waals surface area (Å²) in [6.45, 7) is 1.62. The first kappa shape index (κ1) is 20.4. The van der Waals surface area contributed by atoms with Gasteiger partial charge in [0, 0.05) is 25.4 Å². The standard InChI is InChI=1S/C21H25N3O5/c1-28-17-5-7-23-19(12-17)22-6-2-8-29-18-4-3-14-9-15(11-20(25)26)21(27)24-13-16(14)10-18/h3-5,7,10,12,15H,2,6,8-9,11,13H2,1H3,(H,22,23)(H,24,27)(H,25,26)/t15-/m0/s1. The smallest absolute Gasteiger partial charge is 0.304 e. The molecule has 0 unspecified atom stereocenters. The topological polar surface area (TPSA) is 110 Å². The lowest BCUT2D eigenvalue weighted by atomic mass is 9.94. The Bertz CT molecular complexity index is 871. The molecule has 0 saturated heterocycles. The highest BCUT2D eigenvalue weighted by molar-refractivity contribution is 5.84. The third kappa shape index (κ3) is 5.84. The second kappa shape index (κ2) is 9.77. The van der Waals surface area contributed by atoms with Crippen molar-refractivity contribution in [3.05, 3.63) is 47.7 Å². The molecule has 8 heteroatoms. The molecule has 3 rings (SSSR count). The summed E-state index contributed by atoms with van der Waals surface area (Å²) < 4.78 is 11.0. The molecule has 0 fully saturated rings. The minimum atomic E-state index is -0.966. The number of carbonyl (C=O) groups excluding carboxylic acids is 1. The minimum absolute atomic E-state index is 0.168. The predicted molar refractivity (Wildman–Crippen MR) is 107 cm³/mol. The Labute approximate surface area is 169 Å². The third-order valence-electron chi connectivity index (χ3n) is 4.75. The van der Waals surface area contributed by atoms with E-state index in [4.69, 9.17) is 14.6 Å². The summed E-state index contributed by atoms with van der Waals surface area (Å²) in [7, 11) is 1.62. The summed E-state index contributed by atoms with van der Waals surface area (Å²) in [5.74, 6) is 0.503. The number of amides is 1. The van der Waals surface area contributed by atoms with Crippen LogP contribution >= 0.6 is 0 Å². The molecule has 2 heterocycles. The van der Waals surface area contributed by atoms with Crippen LogP contribution in [-0.2, 0) is 22.6 Å². The average Bonchev–Trinajstić information content (AvgIpc) is 2.86. The number of carboxylic acids is 1. The number of hydrogen-bond acceptors (Lipinski definition) is 6. The summed E-state index contributed by atoms with van der Waals surface area (Å²) in [4.78, 5) is 27.3. The number of carboxylic acid groups (broad SMARTS) is 1. The molecule has 1 aliphatic heterocycles. The molecule has 1 aromatic heterocycles. The zero-order valence-electron chi connectivity index (χ0n) is 16.3. The maximum absolute atomic E-state index is 12.1. The van der Waals surface area contributed by atoms with Crippen molar-refractivity contribution >= 4 is 17.7 Å². The van der Waals surface area contributed by atoms with E-state index in [0.29, 0.717) is 26.1 Å². The molecule has 1 atom stereocenters. The monoisotopic (exact) mass is 399 g/mol. The van der Waals surface area contributed by atoms with Gasteiger partial charge in [0.1, 0.15) is 17.3 Å². The molecule has 1 aromatic carbocycles. The SMILES string of the molecule is COc1ccnc(NCCCOc2ccc3c(c2)CNC(=O)[C@H](CC(=O)O)C3)c1. The molecular weight excluding hydrogens is 374 g/mol. The summed E-state index contributed by atoms with van der Waals surface area (Å²) in [6, 6.07) is 9.32. The Morgan fingerprint density at radius 3 is 2.93 bits per heavy atom. The van der Waals surface area contributed by atoms with E-state index < -0.39 is 11.9 Å². The van der Waals surface area contributed by atoms with Crippen molar-refractivity contribution in [3.63, 3.8) is 0 Å². The molecule has 0 saturated carbocycles. The minimum Gasteiger partial charge on any atom is -0.497 e. The van der Waals surface area contributed by atoms with Gasteiger partial charge in [-0.1, -0.05) is 6.07 Å². The zero-order valence-corrected chi connectivity index (χ0v) is 16.3. The molecule has 1 amide bonds. The molecule has 1 aliphatic rings. The van der Waals surface area contributed by atoms with Gasteiger partial charge in [-0.15, -0.1) is 0 Å². The van der Waals surface area contributed by atoms with Gasteiger partial charge < -0.3 is 25.2 Å². The first-order chi connectivity index (χ1) is 14.0. The first-order valence-electron chi connectivity index (χ1n) is 9.53. The number of nitrogens with zero attached hydrogens (tertiary/aromatic N) is 1. The number of carbonyl (C=O) groups is 2. The maximum Gasteiger partial charge on any atom is 0.304 e. The first-order valence-corrected chi connectivity index (χ1v) is 9.53. The van der Waals surface area contributed by atoms with Gasteiger partial charge in [0.05, 0.1) is 26.1 Å². The van der Waals surface area contributed by atoms with Crippen LogP contribution in [0.2, 0.25) is 0 Å². The van der Waals surface area contributed by atoms with Gasteiger partial charge in [-0.05, 0) is 42.2 Å². The lowest BCUT2D eigenvalue weighted by Gasteiger charge is -2.12. The van der Waals surface area contributed by atoms with Gasteiger partial charge in [-0.2, -0.15) is 0 Å². The number of ether oxygens (including phenoxy) is 2. The van der Waals surface area contributed by atoms with Crippen molar-refractivity contribution in [1.29, 1.82) is 0 Å². The van der Waals surface area contributed by atoms with Crippen LogP contribution in [0.3, 0.4) is 0 Å². The number of nitrogens with one attached hydrogen (secondary N) is 2. The van der Waals surface area contributed by atoms with Gasteiger partial charge in [0.15, 0.2) is 0 Å². The van der Waals surface area contributed by atoms with Gasteiger partial charge in [0.2, 0.25) is 5.91 Å². The van der Waals surface area contributed by atoms with Crippen LogP contribution in [0, 0.1) is 5.92 Å². The molecule has 0 bridgehead atoms. The fourth-order valence-corrected chi connectivity index (χ4v) is 3.23. The van der Waals surface area contributed by atoms with E-state index in [1.807, 2.05) is 24.3 Å². The number of aliphatic carboxylic acids is 1. The third-order valence-corrected chi connectivity index (χ3v) is 4.75. The molecule has 154 valence electrons. The number of hydrogen-bond donors (Lipinski definition) is 3. The van der Waals surface area contributed by atoms with Gasteiger partial charge in [-0.25, -0.2) is 4.98 Å². The molecule has 8 nitrogen and oxygen atoms in total. The Balaban J connectivity index is 1.49. The quantitative estimate of drug-likeness (QED) is 0.555. The largest absolute Gasteiger partial charge is 0.497 e. The number of aromatic nitrogens is 1.